The van der Waals surface area contributed by atoms with Gasteiger partial charge in [0.05, 0.1) is 17.3 Å². The zero-order chi connectivity index (χ0) is 15.8. The molecule has 0 unspecified atom stereocenters. The number of rotatable bonds is 4. The first kappa shape index (κ1) is 14.8. The number of carbonyl (C=O) groups excluding carboxylic acids is 1. The average Bonchev–Trinajstić information content (AvgIpc) is 3.35. The summed E-state index contributed by atoms with van der Waals surface area (Å²) >= 11 is 1.56. The molecule has 1 aliphatic heterocycles. The average molecular weight is 332 g/mol. The van der Waals surface area contributed by atoms with Gasteiger partial charge in [-0.1, -0.05) is 11.3 Å². The van der Waals surface area contributed by atoms with E-state index in [1.165, 1.54) is 0 Å². The van der Waals surface area contributed by atoms with E-state index in [1.807, 2.05) is 23.1 Å². The molecule has 23 heavy (non-hydrogen) atoms. The Bertz CT molecular complexity index is 718. The van der Waals surface area contributed by atoms with Crippen LogP contribution in [0.1, 0.15) is 25.7 Å². The highest BCUT2D eigenvalue weighted by Gasteiger charge is 2.35. The van der Waals surface area contributed by atoms with E-state index in [0.29, 0.717) is 17.0 Å². The molecule has 2 aliphatic rings. The molecule has 1 aliphatic carbocycles. The van der Waals surface area contributed by atoms with Crippen LogP contribution in [0.2, 0.25) is 0 Å². The Kier molecular flexibility index (Phi) is 3.85. The van der Waals surface area contributed by atoms with Crippen LogP contribution < -0.4 is 9.47 Å². The summed E-state index contributed by atoms with van der Waals surface area (Å²) < 4.78 is 12.4. The number of fused-ring (bicyclic) bond motifs is 1. The Morgan fingerprint density at radius 3 is 2.74 bits per heavy atom. The SMILES string of the molecule is COc1ccc2sc(OC3CCN(C(=O)C4CC4)CC3)nc2c1. The van der Waals surface area contributed by atoms with Gasteiger partial charge in [0.1, 0.15) is 11.9 Å². The number of likely N-dealkylation sites (tertiary alicyclic amines) is 1. The lowest BCUT2D eigenvalue weighted by molar-refractivity contribution is -0.134. The molecule has 2 fully saturated rings. The van der Waals surface area contributed by atoms with Crippen LogP contribution in [0, 0.1) is 5.92 Å². The minimum Gasteiger partial charge on any atom is -0.497 e. The van der Waals surface area contributed by atoms with E-state index >= 15 is 0 Å². The van der Waals surface area contributed by atoms with E-state index in [9.17, 15) is 4.79 Å². The van der Waals surface area contributed by atoms with E-state index in [4.69, 9.17) is 9.47 Å². The maximum absolute atomic E-state index is 12.1. The molecule has 1 saturated carbocycles. The zero-order valence-electron chi connectivity index (χ0n) is 13.2. The summed E-state index contributed by atoms with van der Waals surface area (Å²) in [7, 11) is 1.65. The molecule has 0 radical (unpaired) electrons. The molecule has 6 heteroatoms. The van der Waals surface area contributed by atoms with Crippen molar-refractivity contribution in [2.75, 3.05) is 20.2 Å². The summed E-state index contributed by atoms with van der Waals surface area (Å²) in [6.45, 7) is 1.61. The first-order chi connectivity index (χ1) is 11.2. The van der Waals surface area contributed by atoms with Crippen LogP contribution in [-0.4, -0.2) is 42.1 Å². The Labute approximate surface area is 139 Å². The third-order valence-corrected chi connectivity index (χ3v) is 5.45. The van der Waals surface area contributed by atoms with Crippen LogP contribution in [-0.2, 0) is 4.79 Å². The molecule has 1 aromatic carbocycles. The van der Waals surface area contributed by atoms with Gasteiger partial charge in [-0.05, 0) is 25.0 Å². The van der Waals surface area contributed by atoms with Crippen LogP contribution in [0.25, 0.3) is 10.2 Å². The smallest absolute Gasteiger partial charge is 0.274 e. The first-order valence-corrected chi connectivity index (χ1v) is 8.94. The molecule has 5 nitrogen and oxygen atoms in total. The van der Waals surface area contributed by atoms with Crippen molar-refractivity contribution in [1.29, 1.82) is 0 Å². The number of hydrogen-bond donors (Lipinski definition) is 0. The Morgan fingerprint density at radius 2 is 2.04 bits per heavy atom. The predicted octanol–water partition coefficient (Wildman–Crippen LogP) is 3.08. The molecule has 0 spiro atoms. The lowest BCUT2D eigenvalue weighted by atomic mass is 10.1. The summed E-state index contributed by atoms with van der Waals surface area (Å²) in [5.74, 6) is 1.46. The van der Waals surface area contributed by atoms with Crippen LogP contribution in [0.15, 0.2) is 18.2 Å². The molecule has 1 saturated heterocycles. The fourth-order valence-electron chi connectivity index (χ4n) is 2.99. The van der Waals surface area contributed by atoms with E-state index in [2.05, 4.69) is 4.98 Å². The minimum atomic E-state index is 0.153. The van der Waals surface area contributed by atoms with E-state index < -0.39 is 0 Å². The van der Waals surface area contributed by atoms with Gasteiger partial charge in [-0.25, -0.2) is 4.98 Å². The molecular formula is C17H20N2O3S. The van der Waals surface area contributed by atoms with Crippen molar-refractivity contribution in [3.63, 3.8) is 0 Å². The molecule has 2 heterocycles. The lowest BCUT2D eigenvalue weighted by Gasteiger charge is -2.31. The molecule has 2 aromatic rings. The number of piperidine rings is 1. The Morgan fingerprint density at radius 1 is 1.26 bits per heavy atom. The monoisotopic (exact) mass is 332 g/mol. The van der Waals surface area contributed by atoms with Crippen LogP contribution in [0.4, 0.5) is 0 Å². The molecule has 0 bridgehead atoms. The van der Waals surface area contributed by atoms with Crippen molar-refractivity contribution in [3.05, 3.63) is 18.2 Å². The standard InChI is InChI=1S/C17H20N2O3S/c1-21-13-4-5-15-14(10-13)18-17(23-15)22-12-6-8-19(9-7-12)16(20)11-2-3-11/h4-5,10-12H,2-3,6-9H2,1H3. The largest absolute Gasteiger partial charge is 0.497 e. The topological polar surface area (TPSA) is 51.7 Å². The predicted molar refractivity (Wildman–Crippen MR) is 89.1 cm³/mol. The molecule has 1 aromatic heterocycles. The minimum absolute atomic E-state index is 0.153. The van der Waals surface area contributed by atoms with Gasteiger partial charge in [-0.3, -0.25) is 4.79 Å². The fourth-order valence-corrected chi connectivity index (χ4v) is 3.85. The molecule has 122 valence electrons. The number of aromatic nitrogens is 1. The van der Waals surface area contributed by atoms with Gasteiger partial charge in [0.25, 0.3) is 5.19 Å². The normalized spacial score (nSPS) is 19.1. The number of amides is 1. The highest BCUT2D eigenvalue weighted by Crippen LogP contribution is 2.34. The third-order valence-electron chi connectivity index (χ3n) is 4.52. The first-order valence-electron chi connectivity index (χ1n) is 8.13. The number of methoxy groups -OCH3 is 1. The lowest BCUT2D eigenvalue weighted by Crippen LogP contribution is -2.42. The molecule has 0 N–H and O–H groups in total. The van der Waals surface area contributed by atoms with Crippen molar-refractivity contribution >= 4 is 27.5 Å². The number of ether oxygens (including phenoxy) is 2. The summed E-state index contributed by atoms with van der Waals surface area (Å²) in [4.78, 5) is 18.6. The number of benzene rings is 1. The van der Waals surface area contributed by atoms with Gasteiger partial charge in [-0.15, -0.1) is 0 Å². The van der Waals surface area contributed by atoms with Gasteiger partial charge < -0.3 is 14.4 Å². The number of nitrogens with zero attached hydrogens (tertiary/aromatic N) is 2. The number of thiazole rings is 1. The zero-order valence-corrected chi connectivity index (χ0v) is 14.0. The second-order valence-electron chi connectivity index (χ2n) is 6.23. The fraction of sp³-hybridized carbons (Fsp3) is 0.529. The highest BCUT2D eigenvalue weighted by molar-refractivity contribution is 7.20. The summed E-state index contributed by atoms with van der Waals surface area (Å²) in [5, 5.41) is 0.709. The summed E-state index contributed by atoms with van der Waals surface area (Å²) in [6, 6.07) is 5.87. The Balaban J connectivity index is 1.38. The van der Waals surface area contributed by atoms with Crippen molar-refractivity contribution < 1.29 is 14.3 Å². The maximum Gasteiger partial charge on any atom is 0.274 e. The second-order valence-corrected chi connectivity index (χ2v) is 7.22. The van der Waals surface area contributed by atoms with Crippen LogP contribution >= 0.6 is 11.3 Å². The van der Waals surface area contributed by atoms with Gasteiger partial charge in [0.15, 0.2) is 0 Å². The third kappa shape index (κ3) is 3.13. The van der Waals surface area contributed by atoms with Crippen molar-refractivity contribution in [1.82, 2.24) is 9.88 Å². The van der Waals surface area contributed by atoms with E-state index in [-0.39, 0.29) is 6.10 Å². The van der Waals surface area contributed by atoms with Crippen molar-refractivity contribution in [2.24, 2.45) is 5.92 Å². The molecule has 1 amide bonds. The quantitative estimate of drug-likeness (QED) is 0.863. The number of carbonyl (C=O) groups is 1. The van der Waals surface area contributed by atoms with Crippen LogP contribution in [0.5, 0.6) is 10.9 Å². The summed E-state index contributed by atoms with van der Waals surface area (Å²) in [6.07, 6.45) is 4.07. The van der Waals surface area contributed by atoms with Gasteiger partial charge in [-0.2, -0.15) is 0 Å². The van der Waals surface area contributed by atoms with Crippen LogP contribution in [0.3, 0.4) is 0 Å². The van der Waals surface area contributed by atoms with E-state index in [0.717, 1.165) is 54.7 Å². The molecular weight excluding hydrogens is 312 g/mol. The van der Waals surface area contributed by atoms with Gasteiger partial charge >= 0.3 is 0 Å². The van der Waals surface area contributed by atoms with Crippen molar-refractivity contribution in [2.45, 2.75) is 31.8 Å². The Hall–Kier alpha value is -1.82. The van der Waals surface area contributed by atoms with Gasteiger partial charge in [0.2, 0.25) is 5.91 Å². The second kappa shape index (κ2) is 6.00. The molecule has 0 atom stereocenters. The van der Waals surface area contributed by atoms with E-state index in [1.54, 1.807) is 18.4 Å². The highest BCUT2D eigenvalue weighted by atomic mass is 32.1. The van der Waals surface area contributed by atoms with Gasteiger partial charge in [0, 0.05) is 37.9 Å². The summed E-state index contributed by atoms with van der Waals surface area (Å²) in [5.41, 5.74) is 0.908. The number of hydrogen-bond acceptors (Lipinski definition) is 5. The molecule has 4 rings (SSSR count). The maximum atomic E-state index is 12.1. The van der Waals surface area contributed by atoms with Crippen molar-refractivity contribution in [3.8, 4) is 10.9 Å².